The Kier molecular flexibility index (Phi) is 5.57. The van der Waals surface area contributed by atoms with Crippen LogP contribution in [0.3, 0.4) is 0 Å². The minimum Gasteiger partial charge on any atom is -0.366 e. The van der Waals surface area contributed by atoms with Gasteiger partial charge in [-0.3, -0.25) is 4.79 Å². The standard InChI is InChI=1S/C22H23F2N3O3S/c1-2-31(29,30)27-7-5-13(6-8-27)18-12-26-21-16(18)9-15(10-17(21)22(25)28)14-3-4-19(23)20(24)11-14/h3-4,9-13,26H,2,5-8H2,1H3,(H2,25,28). The number of rotatable bonds is 5. The van der Waals surface area contributed by atoms with Crippen molar-refractivity contribution in [2.24, 2.45) is 5.73 Å². The molecule has 31 heavy (non-hydrogen) atoms. The second kappa shape index (κ2) is 8.05. The molecule has 1 aromatic heterocycles. The van der Waals surface area contributed by atoms with Crippen molar-refractivity contribution in [2.75, 3.05) is 18.8 Å². The Morgan fingerprint density at radius 1 is 1.13 bits per heavy atom. The number of nitrogens with two attached hydrogens (primary N) is 1. The average Bonchev–Trinajstić information content (AvgIpc) is 3.19. The number of H-pyrrole nitrogens is 1. The van der Waals surface area contributed by atoms with Gasteiger partial charge >= 0.3 is 0 Å². The predicted molar refractivity (Wildman–Crippen MR) is 115 cm³/mol. The van der Waals surface area contributed by atoms with Gasteiger partial charge in [-0.05, 0) is 66.6 Å². The molecule has 2 aromatic carbocycles. The summed E-state index contributed by atoms with van der Waals surface area (Å²) < 4.78 is 53.0. The van der Waals surface area contributed by atoms with Crippen LogP contribution in [0.1, 0.15) is 41.6 Å². The van der Waals surface area contributed by atoms with Crippen LogP contribution in [0.5, 0.6) is 0 Å². The average molecular weight is 448 g/mol. The van der Waals surface area contributed by atoms with E-state index < -0.39 is 27.6 Å². The van der Waals surface area contributed by atoms with E-state index in [1.165, 1.54) is 10.4 Å². The Labute approximate surface area is 179 Å². The number of carbonyl (C=O) groups excluding carboxylic acids is 1. The number of nitrogens with zero attached hydrogens (tertiary/aromatic N) is 1. The highest BCUT2D eigenvalue weighted by molar-refractivity contribution is 7.89. The summed E-state index contributed by atoms with van der Waals surface area (Å²) in [6, 6.07) is 6.97. The van der Waals surface area contributed by atoms with E-state index in [1.54, 1.807) is 13.0 Å². The van der Waals surface area contributed by atoms with Crippen molar-refractivity contribution in [3.63, 3.8) is 0 Å². The summed E-state index contributed by atoms with van der Waals surface area (Å²) in [5.74, 6) is -2.39. The van der Waals surface area contributed by atoms with E-state index in [9.17, 15) is 22.0 Å². The minimum absolute atomic E-state index is 0.0737. The molecular weight excluding hydrogens is 424 g/mol. The van der Waals surface area contributed by atoms with Crippen molar-refractivity contribution in [3.05, 3.63) is 59.3 Å². The van der Waals surface area contributed by atoms with E-state index in [0.29, 0.717) is 42.6 Å². The summed E-state index contributed by atoms with van der Waals surface area (Å²) in [5.41, 5.74) is 8.36. The van der Waals surface area contributed by atoms with E-state index in [1.807, 2.05) is 12.3 Å². The molecule has 1 aliphatic rings. The molecule has 4 rings (SSSR count). The van der Waals surface area contributed by atoms with Crippen molar-refractivity contribution in [1.82, 2.24) is 9.29 Å². The van der Waals surface area contributed by atoms with Crippen LogP contribution in [0.4, 0.5) is 8.78 Å². The fraction of sp³-hybridized carbons (Fsp3) is 0.318. The molecule has 0 spiro atoms. The number of hydrogen-bond donors (Lipinski definition) is 2. The number of amides is 1. The fourth-order valence-corrected chi connectivity index (χ4v) is 5.39. The molecule has 0 atom stereocenters. The molecule has 2 heterocycles. The third-order valence-electron chi connectivity index (χ3n) is 5.99. The number of benzene rings is 2. The lowest BCUT2D eigenvalue weighted by molar-refractivity contribution is 0.100. The van der Waals surface area contributed by atoms with Gasteiger partial charge in [0.25, 0.3) is 5.91 Å². The number of aromatic nitrogens is 1. The van der Waals surface area contributed by atoms with Crippen LogP contribution in [0.2, 0.25) is 0 Å². The molecule has 1 aliphatic heterocycles. The van der Waals surface area contributed by atoms with Gasteiger partial charge in [-0.15, -0.1) is 0 Å². The topological polar surface area (TPSA) is 96.3 Å². The molecule has 0 aliphatic carbocycles. The smallest absolute Gasteiger partial charge is 0.250 e. The van der Waals surface area contributed by atoms with Gasteiger partial charge in [-0.2, -0.15) is 0 Å². The lowest BCUT2D eigenvalue weighted by Crippen LogP contribution is -2.38. The molecule has 0 bridgehead atoms. The number of sulfonamides is 1. The zero-order chi connectivity index (χ0) is 22.3. The Morgan fingerprint density at radius 2 is 1.84 bits per heavy atom. The molecule has 9 heteroatoms. The van der Waals surface area contributed by atoms with Crippen LogP contribution in [0, 0.1) is 11.6 Å². The van der Waals surface area contributed by atoms with Gasteiger partial charge in [-0.1, -0.05) is 6.07 Å². The van der Waals surface area contributed by atoms with Crippen LogP contribution in [0.25, 0.3) is 22.0 Å². The molecule has 0 radical (unpaired) electrons. The number of halogens is 2. The molecule has 1 fully saturated rings. The highest BCUT2D eigenvalue weighted by Crippen LogP contribution is 2.37. The largest absolute Gasteiger partial charge is 0.366 e. The Bertz CT molecular complexity index is 1260. The quantitative estimate of drug-likeness (QED) is 0.624. The van der Waals surface area contributed by atoms with Crippen LogP contribution in [-0.2, 0) is 10.0 Å². The van der Waals surface area contributed by atoms with Gasteiger partial charge < -0.3 is 10.7 Å². The number of carbonyl (C=O) groups is 1. The van der Waals surface area contributed by atoms with Gasteiger partial charge in [0.1, 0.15) is 0 Å². The first-order valence-electron chi connectivity index (χ1n) is 10.1. The molecule has 164 valence electrons. The van der Waals surface area contributed by atoms with E-state index in [2.05, 4.69) is 4.98 Å². The molecule has 3 N–H and O–H groups in total. The summed E-state index contributed by atoms with van der Waals surface area (Å²) in [7, 11) is -3.23. The predicted octanol–water partition coefficient (Wildman–Crippen LogP) is 3.74. The third-order valence-corrected chi connectivity index (χ3v) is 7.87. The van der Waals surface area contributed by atoms with E-state index in [0.717, 1.165) is 23.1 Å². The second-order valence-electron chi connectivity index (χ2n) is 7.76. The molecule has 0 unspecified atom stereocenters. The van der Waals surface area contributed by atoms with Crippen LogP contribution >= 0.6 is 0 Å². The van der Waals surface area contributed by atoms with Crippen molar-refractivity contribution < 1.29 is 22.0 Å². The highest BCUT2D eigenvalue weighted by atomic mass is 32.2. The van der Waals surface area contributed by atoms with Gasteiger partial charge in [-0.25, -0.2) is 21.5 Å². The van der Waals surface area contributed by atoms with Gasteiger partial charge in [0, 0.05) is 24.7 Å². The number of primary amides is 1. The van der Waals surface area contributed by atoms with Crippen LogP contribution in [-0.4, -0.2) is 42.5 Å². The first-order chi connectivity index (χ1) is 14.7. The fourth-order valence-electron chi connectivity index (χ4n) is 4.25. The second-order valence-corrected chi connectivity index (χ2v) is 10.0. The normalized spacial score (nSPS) is 16.1. The summed E-state index contributed by atoms with van der Waals surface area (Å²) in [6.07, 6.45) is 3.11. The molecule has 0 saturated carbocycles. The monoisotopic (exact) mass is 447 g/mol. The maximum absolute atomic E-state index is 13.8. The van der Waals surface area contributed by atoms with E-state index in [4.69, 9.17) is 5.73 Å². The zero-order valence-corrected chi connectivity index (χ0v) is 17.8. The van der Waals surface area contributed by atoms with Crippen molar-refractivity contribution in [3.8, 4) is 11.1 Å². The number of piperidine rings is 1. The minimum atomic E-state index is -3.23. The zero-order valence-electron chi connectivity index (χ0n) is 17.0. The summed E-state index contributed by atoms with van der Waals surface area (Å²) in [4.78, 5) is 15.2. The number of fused-ring (bicyclic) bond motifs is 1. The first kappa shape index (κ1) is 21.5. The van der Waals surface area contributed by atoms with Crippen molar-refractivity contribution in [2.45, 2.75) is 25.7 Å². The molecule has 3 aromatic rings. The lowest BCUT2D eigenvalue weighted by Gasteiger charge is -2.31. The third kappa shape index (κ3) is 3.95. The van der Waals surface area contributed by atoms with Gasteiger partial charge in [0.15, 0.2) is 11.6 Å². The lowest BCUT2D eigenvalue weighted by atomic mass is 9.88. The Balaban J connectivity index is 1.75. The summed E-state index contributed by atoms with van der Waals surface area (Å²) in [5, 5.41) is 0.771. The molecular formula is C22H23F2N3O3S. The van der Waals surface area contributed by atoms with E-state index >= 15 is 0 Å². The summed E-state index contributed by atoms with van der Waals surface area (Å²) in [6.45, 7) is 2.49. The van der Waals surface area contributed by atoms with E-state index in [-0.39, 0.29) is 17.2 Å². The molecule has 1 saturated heterocycles. The number of nitrogens with one attached hydrogen (secondary N) is 1. The Hall–Kier alpha value is -2.78. The summed E-state index contributed by atoms with van der Waals surface area (Å²) >= 11 is 0. The van der Waals surface area contributed by atoms with Gasteiger partial charge in [0.2, 0.25) is 10.0 Å². The molecule has 6 nitrogen and oxygen atoms in total. The Morgan fingerprint density at radius 3 is 2.45 bits per heavy atom. The first-order valence-corrected chi connectivity index (χ1v) is 11.7. The van der Waals surface area contributed by atoms with Crippen molar-refractivity contribution in [1.29, 1.82) is 0 Å². The number of aromatic amines is 1. The van der Waals surface area contributed by atoms with Crippen molar-refractivity contribution >= 4 is 26.8 Å². The maximum atomic E-state index is 13.8. The molecule has 1 amide bonds. The van der Waals surface area contributed by atoms with Gasteiger partial charge in [0.05, 0.1) is 16.8 Å². The number of hydrogen-bond acceptors (Lipinski definition) is 3. The SMILES string of the molecule is CCS(=O)(=O)N1CCC(c2c[nH]c3c(C(N)=O)cc(-c4ccc(F)c(F)c4)cc23)CC1. The maximum Gasteiger partial charge on any atom is 0.250 e. The van der Waals surface area contributed by atoms with Crippen LogP contribution in [0.15, 0.2) is 36.5 Å². The van der Waals surface area contributed by atoms with Crippen LogP contribution < -0.4 is 5.73 Å². The highest BCUT2D eigenvalue weighted by Gasteiger charge is 2.29.